The summed E-state index contributed by atoms with van der Waals surface area (Å²) in [6, 6.07) is 21.2. The first-order valence-corrected chi connectivity index (χ1v) is 9.36. The summed E-state index contributed by atoms with van der Waals surface area (Å²) >= 11 is 0. The van der Waals surface area contributed by atoms with Gasteiger partial charge in [0.2, 0.25) is 0 Å². The van der Waals surface area contributed by atoms with E-state index in [1.54, 1.807) is 0 Å². The van der Waals surface area contributed by atoms with E-state index >= 15 is 0 Å². The van der Waals surface area contributed by atoms with Crippen molar-refractivity contribution in [3.8, 4) is 0 Å². The highest BCUT2D eigenvalue weighted by Crippen LogP contribution is 2.09. The van der Waals surface area contributed by atoms with Crippen LogP contribution in [-0.2, 0) is 22.6 Å². The van der Waals surface area contributed by atoms with E-state index in [1.807, 2.05) is 0 Å². The molecule has 0 aromatic heterocycles. The van der Waals surface area contributed by atoms with Gasteiger partial charge in [-0.3, -0.25) is 4.90 Å². The van der Waals surface area contributed by atoms with E-state index < -0.39 is 0 Å². The monoisotopic (exact) mass is 345 g/mol. The Labute approximate surface area is 148 Å². The zero-order chi connectivity index (χ0) is 16.9. The fraction of sp³-hybridized carbons (Fsp3) is 0.400. The third-order valence-electron chi connectivity index (χ3n) is 3.68. The molecule has 4 heteroatoms. The van der Waals surface area contributed by atoms with Crippen LogP contribution >= 0.6 is 9.24 Å². The maximum atomic E-state index is 5.71. The second-order valence-corrected chi connectivity index (χ2v) is 6.27. The summed E-state index contributed by atoms with van der Waals surface area (Å²) in [4.78, 5) is 2.42. The van der Waals surface area contributed by atoms with Gasteiger partial charge >= 0.3 is 0 Å². The maximum absolute atomic E-state index is 5.71. The van der Waals surface area contributed by atoms with Crippen LogP contribution in [0, 0.1) is 0 Å². The lowest BCUT2D eigenvalue weighted by Gasteiger charge is -2.22. The summed E-state index contributed by atoms with van der Waals surface area (Å²) in [6.45, 7) is 5.62. The van der Waals surface area contributed by atoms with Crippen LogP contribution < -0.4 is 0 Å². The predicted octanol–water partition coefficient (Wildman–Crippen LogP) is 3.60. The van der Waals surface area contributed by atoms with Crippen molar-refractivity contribution in [2.24, 2.45) is 0 Å². The Kier molecular flexibility index (Phi) is 9.67. The molecule has 0 fully saturated rings. The molecule has 2 aromatic rings. The molecule has 0 heterocycles. The summed E-state index contributed by atoms with van der Waals surface area (Å²) in [5.74, 6) is 0. The molecule has 1 atom stereocenters. The van der Waals surface area contributed by atoms with Crippen molar-refractivity contribution >= 4 is 9.24 Å². The van der Waals surface area contributed by atoms with Crippen molar-refractivity contribution < 1.29 is 9.47 Å². The molecule has 0 aliphatic carbocycles. The first kappa shape index (κ1) is 19.1. The number of hydrogen-bond acceptors (Lipinski definition) is 3. The SMILES string of the molecule is PCCOCCOCCN(Cc1ccccc1)Cc1ccccc1. The minimum atomic E-state index is 0.662. The fourth-order valence-corrected chi connectivity index (χ4v) is 2.66. The minimum absolute atomic E-state index is 0.662. The van der Waals surface area contributed by atoms with Gasteiger partial charge in [0, 0.05) is 19.6 Å². The molecule has 3 nitrogen and oxygen atoms in total. The summed E-state index contributed by atoms with van der Waals surface area (Å²) in [5.41, 5.74) is 2.66. The van der Waals surface area contributed by atoms with Crippen molar-refractivity contribution in [3.05, 3.63) is 71.8 Å². The molecular formula is C20H28NO2P. The van der Waals surface area contributed by atoms with Crippen LogP contribution in [0.5, 0.6) is 0 Å². The molecular weight excluding hydrogens is 317 g/mol. The fourth-order valence-electron chi connectivity index (χ4n) is 2.50. The summed E-state index contributed by atoms with van der Waals surface area (Å²) in [7, 11) is 2.66. The van der Waals surface area contributed by atoms with E-state index in [0.717, 1.165) is 39.0 Å². The van der Waals surface area contributed by atoms with Crippen LogP contribution in [0.15, 0.2) is 60.7 Å². The van der Waals surface area contributed by atoms with E-state index in [0.29, 0.717) is 13.2 Å². The van der Waals surface area contributed by atoms with Crippen molar-refractivity contribution in [2.75, 3.05) is 39.1 Å². The van der Waals surface area contributed by atoms with Crippen LogP contribution in [0.1, 0.15) is 11.1 Å². The molecule has 130 valence electrons. The second-order valence-electron chi connectivity index (χ2n) is 5.70. The van der Waals surface area contributed by atoms with Crippen molar-refractivity contribution in [2.45, 2.75) is 13.1 Å². The molecule has 2 aromatic carbocycles. The van der Waals surface area contributed by atoms with Crippen LogP contribution in [0.4, 0.5) is 0 Å². The number of benzene rings is 2. The Morgan fingerprint density at radius 2 is 1.17 bits per heavy atom. The van der Waals surface area contributed by atoms with Crippen LogP contribution in [-0.4, -0.2) is 44.0 Å². The van der Waals surface area contributed by atoms with E-state index in [-0.39, 0.29) is 0 Å². The molecule has 0 N–H and O–H groups in total. The molecule has 0 radical (unpaired) electrons. The Morgan fingerprint density at radius 3 is 1.67 bits per heavy atom. The molecule has 0 amide bonds. The average Bonchev–Trinajstić information content (AvgIpc) is 2.62. The van der Waals surface area contributed by atoms with Gasteiger partial charge in [-0.05, 0) is 17.3 Å². The van der Waals surface area contributed by atoms with Gasteiger partial charge in [0.1, 0.15) is 0 Å². The largest absolute Gasteiger partial charge is 0.379 e. The smallest absolute Gasteiger partial charge is 0.0701 e. The van der Waals surface area contributed by atoms with Crippen molar-refractivity contribution in [3.63, 3.8) is 0 Å². The Hall–Kier alpha value is -1.25. The Morgan fingerprint density at radius 1 is 0.667 bits per heavy atom. The highest BCUT2D eigenvalue weighted by molar-refractivity contribution is 7.16. The first-order chi connectivity index (χ1) is 11.9. The zero-order valence-corrected chi connectivity index (χ0v) is 15.4. The highest BCUT2D eigenvalue weighted by Gasteiger charge is 2.07. The summed E-state index contributed by atoms with van der Waals surface area (Å²) in [6.07, 6.45) is 0.974. The molecule has 0 aliphatic heterocycles. The normalized spacial score (nSPS) is 11.1. The average molecular weight is 345 g/mol. The van der Waals surface area contributed by atoms with Crippen molar-refractivity contribution in [1.29, 1.82) is 0 Å². The number of ether oxygens (including phenoxy) is 2. The lowest BCUT2D eigenvalue weighted by molar-refractivity contribution is 0.0416. The molecule has 2 rings (SSSR count). The third kappa shape index (κ3) is 8.03. The van der Waals surface area contributed by atoms with Gasteiger partial charge in [-0.15, -0.1) is 9.24 Å². The van der Waals surface area contributed by atoms with E-state index in [9.17, 15) is 0 Å². The molecule has 1 unspecified atom stereocenters. The van der Waals surface area contributed by atoms with Gasteiger partial charge in [-0.1, -0.05) is 60.7 Å². The minimum Gasteiger partial charge on any atom is -0.379 e. The lowest BCUT2D eigenvalue weighted by Crippen LogP contribution is -2.27. The lowest BCUT2D eigenvalue weighted by atomic mass is 10.1. The number of nitrogens with zero attached hydrogens (tertiary/aromatic N) is 1. The predicted molar refractivity (Wildman–Crippen MR) is 103 cm³/mol. The second kappa shape index (κ2) is 12.2. The molecule has 0 aliphatic rings. The van der Waals surface area contributed by atoms with Crippen LogP contribution in [0.2, 0.25) is 0 Å². The van der Waals surface area contributed by atoms with E-state index in [4.69, 9.17) is 9.47 Å². The maximum Gasteiger partial charge on any atom is 0.0701 e. The molecule has 0 spiro atoms. The standard InChI is InChI=1S/C20H28NO2P/c24-16-15-23-14-13-22-12-11-21(17-19-7-3-1-4-8-19)18-20-9-5-2-6-10-20/h1-10H,11-18,24H2. The molecule has 0 saturated carbocycles. The summed E-state index contributed by atoms with van der Waals surface area (Å²) in [5, 5.41) is 0. The molecule has 0 saturated heterocycles. The van der Waals surface area contributed by atoms with Gasteiger partial charge < -0.3 is 9.47 Å². The first-order valence-electron chi connectivity index (χ1n) is 8.54. The van der Waals surface area contributed by atoms with Gasteiger partial charge in [0.25, 0.3) is 0 Å². The topological polar surface area (TPSA) is 21.7 Å². The quantitative estimate of drug-likeness (QED) is 0.433. The summed E-state index contributed by atoms with van der Waals surface area (Å²) < 4.78 is 11.1. The zero-order valence-electron chi connectivity index (χ0n) is 14.3. The van der Waals surface area contributed by atoms with Gasteiger partial charge in [0.05, 0.1) is 26.4 Å². The van der Waals surface area contributed by atoms with Crippen LogP contribution in [0.25, 0.3) is 0 Å². The van der Waals surface area contributed by atoms with Crippen LogP contribution in [0.3, 0.4) is 0 Å². The molecule has 0 bridgehead atoms. The van der Waals surface area contributed by atoms with Gasteiger partial charge in [0.15, 0.2) is 0 Å². The van der Waals surface area contributed by atoms with Crippen molar-refractivity contribution in [1.82, 2.24) is 4.90 Å². The Bertz CT molecular complexity index is 494. The number of hydrogen-bond donors (Lipinski definition) is 0. The van der Waals surface area contributed by atoms with E-state index in [2.05, 4.69) is 74.8 Å². The number of rotatable bonds is 12. The highest BCUT2D eigenvalue weighted by atomic mass is 31.0. The third-order valence-corrected chi connectivity index (χ3v) is 3.92. The van der Waals surface area contributed by atoms with E-state index in [1.165, 1.54) is 11.1 Å². The molecule has 24 heavy (non-hydrogen) atoms. The van der Waals surface area contributed by atoms with Gasteiger partial charge in [-0.2, -0.15) is 0 Å². The Balaban J connectivity index is 1.79. The van der Waals surface area contributed by atoms with Gasteiger partial charge in [-0.25, -0.2) is 0 Å².